The van der Waals surface area contributed by atoms with E-state index in [0.717, 1.165) is 30.3 Å². The molecule has 0 bridgehead atoms. The van der Waals surface area contributed by atoms with Gasteiger partial charge >= 0.3 is 0 Å². The summed E-state index contributed by atoms with van der Waals surface area (Å²) in [5.41, 5.74) is 3.11. The molecule has 3 aromatic carbocycles. The summed E-state index contributed by atoms with van der Waals surface area (Å²) in [6.07, 6.45) is 2.54. The third-order valence-electron chi connectivity index (χ3n) is 10.5. The highest BCUT2D eigenvalue weighted by Gasteiger charge is 2.32. The van der Waals surface area contributed by atoms with Crippen molar-refractivity contribution in [3.05, 3.63) is 76.3 Å². The summed E-state index contributed by atoms with van der Waals surface area (Å²) in [6.45, 7) is 24.4. The van der Waals surface area contributed by atoms with Gasteiger partial charge in [0.05, 0.1) is 29.3 Å². The zero-order valence-corrected chi connectivity index (χ0v) is 37.5. The quantitative estimate of drug-likeness (QED) is 0.0658. The number of halogens is 1. The van der Waals surface area contributed by atoms with Gasteiger partial charge in [0.25, 0.3) is 11.8 Å². The minimum absolute atomic E-state index is 0.0173. The van der Waals surface area contributed by atoms with E-state index < -0.39 is 33.2 Å². The summed E-state index contributed by atoms with van der Waals surface area (Å²) >= 11 is 6.55. The number of amides is 2. The zero-order chi connectivity index (χ0) is 43.1. The van der Waals surface area contributed by atoms with Crippen molar-refractivity contribution in [2.75, 3.05) is 35.0 Å². The van der Waals surface area contributed by atoms with Crippen LogP contribution in [0, 0.1) is 12.3 Å². The number of ether oxygens (including phenoxy) is 1. The highest BCUT2D eigenvalue weighted by Crippen LogP contribution is 2.39. The van der Waals surface area contributed by atoms with Gasteiger partial charge in [-0.3, -0.25) is 14.4 Å². The summed E-state index contributed by atoms with van der Waals surface area (Å²) in [5, 5.41) is 5.85. The Bertz CT molecular complexity index is 2090. The molecule has 312 valence electrons. The van der Waals surface area contributed by atoms with Crippen molar-refractivity contribution in [3.63, 3.8) is 0 Å². The second-order valence-electron chi connectivity index (χ2n) is 16.8. The number of anilines is 3. The molecule has 0 spiro atoms. The Morgan fingerprint density at radius 2 is 1.51 bits per heavy atom. The number of nitrogens with zero attached hydrogens (tertiary/aromatic N) is 2. The van der Waals surface area contributed by atoms with Crippen LogP contribution in [0.15, 0.2) is 59.6 Å². The summed E-state index contributed by atoms with van der Waals surface area (Å²) in [6, 6.07) is 16.2. The van der Waals surface area contributed by atoms with E-state index in [9.17, 15) is 22.8 Å². The lowest BCUT2D eigenvalue weighted by molar-refractivity contribution is -0.123. The molecular formula is C44H62ClN5O6S. The fraction of sp³-hybridized carbons (Fsp3) is 0.500. The molecule has 11 nitrogen and oxygen atoms in total. The summed E-state index contributed by atoms with van der Waals surface area (Å²) in [4.78, 5) is 47.7. The lowest BCUT2D eigenvalue weighted by Crippen LogP contribution is -2.37. The van der Waals surface area contributed by atoms with Gasteiger partial charge in [0.1, 0.15) is 5.75 Å². The van der Waals surface area contributed by atoms with Crippen LogP contribution in [-0.2, 0) is 35.2 Å². The van der Waals surface area contributed by atoms with Gasteiger partial charge in [-0.1, -0.05) is 93.0 Å². The average molecular weight is 825 g/mol. The minimum atomic E-state index is -3.40. The van der Waals surface area contributed by atoms with Crippen molar-refractivity contribution >= 4 is 67.7 Å². The number of aliphatic imine (C=N–C) groups is 1. The molecule has 2 amide bonds. The minimum Gasteiger partial charge on any atom is -0.480 e. The van der Waals surface area contributed by atoms with E-state index in [-0.39, 0.29) is 39.8 Å². The van der Waals surface area contributed by atoms with E-state index >= 15 is 0 Å². The van der Waals surface area contributed by atoms with Gasteiger partial charge in [0.15, 0.2) is 17.6 Å². The number of aryl methyl sites for hydroxylation is 1. The summed E-state index contributed by atoms with van der Waals surface area (Å²) in [5.74, 6) is -0.966. The topological polar surface area (TPSA) is 146 Å². The Hall–Kier alpha value is -4.26. The van der Waals surface area contributed by atoms with E-state index in [2.05, 4.69) is 74.0 Å². The van der Waals surface area contributed by atoms with E-state index in [1.807, 2.05) is 30.9 Å². The van der Waals surface area contributed by atoms with Gasteiger partial charge in [-0.25, -0.2) is 13.4 Å². The van der Waals surface area contributed by atoms with Crippen LogP contribution < -0.4 is 25.0 Å². The molecule has 0 saturated carbocycles. The predicted molar refractivity (Wildman–Crippen MR) is 235 cm³/mol. The molecule has 1 atom stereocenters. The molecule has 0 heterocycles. The number of benzene rings is 3. The van der Waals surface area contributed by atoms with Crippen LogP contribution in [0.4, 0.5) is 22.7 Å². The van der Waals surface area contributed by atoms with Crippen LogP contribution in [0.1, 0.15) is 112 Å². The Balaban J connectivity index is 1.92. The zero-order valence-electron chi connectivity index (χ0n) is 35.9. The molecule has 0 saturated heterocycles. The normalized spacial score (nSPS) is 13.2. The van der Waals surface area contributed by atoms with Gasteiger partial charge in [-0.05, 0) is 97.5 Å². The predicted octanol–water partition coefficient (Wildman–Crippen LogP) is 9.48. The number of sulfonamides is 1. The van der Waals surface area contributed by atoms with E-state index in [1.54, 1.807) is 52.0 Å². The molecule has 1 unspecified atom stereocenters. The summed E-state index contributed by atoms with van der Waals surface area (Å²) < 4.78 is 32.3. The molecule has 0 aliphatic carbocycles. The van der Waals surface area contributed by atoms with Crippen molar-refractivity contribution in [2.24, 2.45) is 10.4 Å². The molecule has 3 rings (SSSR count). The first-order chi connectivity index (χ1) is 26.4. The molecule has 0 radical (unpaired) electrons. The van der Waals surface area contributed by atoms with Crippen molar-refractivity contribution in [2.45, 2.75) is 119 Å². The number of rotatable bonds is 18. The molecule has 0 aliphatic rings. The van der Waals surface area contributed by atoms with Crippen molar-refractivity contribution in [1.82, 2.24) is 4.72 Å². The monoisotopic (exact) mass is 823 g/mol. The number of hydrogen-bond acceptors (Lipinski definition) is 8. The van der Waals surface area contributed by atoms with Crippen LogP contribution >= 0.6 is 11.6 Å². The van der Waals surface area contributed by atoms with Crippen LogP contribution in [0.5, 0.6) is 5.75 Å². The number of nitrogens with one attached hydrogen (secondary N) is 3. The Labute approximate surface area is 345 Å². The number of Topliss-reactive ketones (excluding diaryl/α,β-unsaturated/α-hetero) is 1. The highest BCUT2D eigenvalue weighted by atomic mass is 35.5. The highest BCUT2D eigenvalue weighted by molar-refractivity contribution is 7.88. The largest absolute Gasteiger partial charge is 0.480 e. The molecule has 0 aliphatic heterocycles. The Morgan fingerprint density at radius 3 is 2.05 bits per heavy atom. The molecule has 3 N–H and O–H groups in total. The molecular weight excluding hydrogens is 762 g/mol. The number of carbonyl (C=O) groups is 3. The number of hydrogen-bond donors (Lipinski definition) is 3. The Kier molecular flexibility index (Phi) is 15.7. The van der Waals surface area contributed by atoms with Crippen LogP contribution in [0.3, 0.4) is 0 Å². The van der Waals surface area contributed by atoms with Crippen LogP contribution in [-0.4, -0.2) is 57.3 Å². The lowest BCUT2D eigenvalue weighted by atomic mass is 9.76. The summed E-state index contributed by atoms with van der Waals surface area (Å²) in [7, 11) is -3.40. The average Bonchev–Trinajstić information content (AvgIpc) is 3.13. The van der Waals surface area contributed by atoms with Crippen molar-refractivity contribution in [3.8, 4) is 5.75 Å². The molecule has 0 fully saturated rings. The second kappa shape index (κ2) is 19.0. The SMILES string of the molecule is CCC(Oc1ccc(C(C)(C)CC)cc1C(C)(C)CC)C(=O)Nc1ccc(Cl)c(NC(=O)/C(=N\c2ccc(N(CC)CNS(C)(=O)=O)cc2C)C(=O)C(C)(C)C)c1. The fourth-order valence-corrected chi connectivity index (χ4v) is 6.33. The molecule has 13 heteroatoms. The van der Waals surface area contributed by atoms with E-state index in [1.165, 1.54) is 11.6 Å². The third-order valence-corrected chi connectivity index (χ3v) is 11.4. The number of ketones is 1. The standard InChI is InChI=1S/C44H62ClN5O6S/c1-14-36(56-37-23-18-29(43(9,10)15-2)25-32(37)44(11,12)16-3)40(52)47-30-19-21-33(45)35(26-30)49-41(53)38(39(51)42(6,7)8)48-34-22-20-31(24-28(34)5)50(17-4)27-46-57(13,54)55/h18-26,36,46H,14-17,27H2,1-13H3,(H,47,52)(H,49,53)/b48-38-. The van der Waals surface area contributed by atoms with E-state index in [0.29, 0.717) is 35.7 Å². The molecule has 0 aromatic heterocycles. The maximum absolute atomic E-state index is 13.9. The maximum Gasteiger partial charge on any atom is 0.278 e. The molecule has 3 aromatic rings. The van der Waals surface area contributed by atoms with Crippen molar-refractivity contribution in [1.29, 1.82) is 0 Å². The first-order valence-electron chi connectivity index (χ1n) is 19.5. The first kappa shape index (κ1) is 47.1. The third kappa shape index (κ3) is 12.6. The van der Waals surface area contributed by atoms with Gasteiger partial charge in [-0.15, -0.1) is 0 Å². The second-order valence-corrected chi connectivity index (χ2v) is 19.0. The first-order valence-corrected chi connectivity index (χ1v) is 21.8. The fourth-order valence-electron chi connectivity index (χ4n) is 5.78. The van der Waals surface area contributed by atoms with Gasteiger partial charge < -0.3 is 20.3 Å². The number of carbonyl (C=O) groups excluding carboxylic acids is 3. The van der Waals surface area contributed by atoms with Crippen molar-refractivity contribution < 1.29 is 27.5 Å². The lowest BCUT2D eigenvalue weighted by Gasteiger charge is -2.31. The molecule has 57 heavy (non-hydrogen) atoms. The maximum atomic E-state index is 13.9. The van der Waals surface area contributed by atoms with E-state index in [4.69, 9.17) is 16.3 Å². The van der Waals surface area contributed by atoms with Gasteiger partial charge in [-0.2, -0.15) is 4.72 Å². The van der Waals surface area contributed by atoms with Crippen LogP contribution in [0.2, 0.25) is 5.02 Å². The van der Waals surface area contributed by atoms with Crippen LogP contribution in [0.25, 0.3) is 0 Å². The Morgan fingerprint density at radius 1 is 0.860 bits per heavy atom. The van der Waals surface area contributed by atoms with Gasteiger partial charge in [0, 0.05) is 28.9 Å². The van der Waals surface area contributed by atoms with Gasteiger partial charge in [0.2, 0.25) is 10.0 Å². The smallest absolute Gasteiger partial charge is 0.278 e.